The maximum Gasteiger partial charge on any atom is 0.262 e. The Morgan fingerprint density at radius 3 is 3.11 bits per heavy atom. The molecule has 1 aromatic carbocycles. The topological polar surface area (TPSA) is 67.4 Å². The molecule has 0 bridgehead atoms. The molecule has 1 amide bonds. The standard InChI is InChI=1S/C21H22N4O2S/c1-2-10-22-20(26)16-11-25(14-7-3-4-8-15(14)27-16)19-18-13-6-5-9-17(13)28-21(18)24-12-23-19/h3-4,7-8,12,16H,2,5-6,9-11H2,1H3,(H,22,26)/t16-/m0/s1. The molecule has 5 rings (SSSR count). The molecule has 144 valence electrons. The number of carbonyl (C=O) groups excluding carboxylic acids is 1. The molecule has 0 saturated carbocycles. The monoisotopic (exact) mass is 394 g/mol. The molecule has 3 aromatic rings. The van der Waals surface area contributed by atoms with E-state index in [0.717, 1.165) is 41.0 Å². The summed E-state index contributed by atoms with van der Waals surface area (Å²) in [5.74, 6) is 1.51. The van der Waals surface area contributed by atoms with Gasteiger partial charge in [-0.1, -0.05) is 19.1 Å². The summed E-state index contributed by atoms with van der Waals surface area (Å²) in [5.41, 5.74) is 2.33. The highest BCUT2D eigenvalue weighted by Crippen LogP contribution is 2.44. The Hall–Kier alpha value is -2.67. The Morgan fingerprint density at radius 2 is 2.21 bits per heavy atom. The van der Waals surface area contributed by atoms with Crippen LogP contribution < -0.4 is 15.0 Å². The lowest BCUT2D eigenvalue weighted by Crippen LogP contribution is -2.48. The normalized spacial score (nSPS) is 17.9. The van der Waals surface area contributed by atoms with Crippen LogP contribution in [-0.2, 0) is 17.6 Å². The summed E-state index contributed by atoms with van der Waals surface area (Å²) in [7, 11) is 0. The van der Waals surface area contributed by atoms with Gasteiger partial charge in [-0.25, -0.2) is 9.97 Å². The second-order valence-electron chi connectivity index (χ2n) is 7.21. The molecule has 1 atom stereocenters. The second-order valence-corrected chi connectivity index (χ2v) is 8.29. The van der Waals surface area contributed by atoms with Crippen molar-refractivity contribution < 1.29 is 9.53 Å². The van der Waals surface area contributed by atoms with Gasteiger partial charge in [-0.3, -0.25) is 4.79 Å². The second kappa shape index (κ2) is 7.05. The van der Waals surface area contributed by atoms with Crippen LogP contribution >= 0.6 is 11.3 Å². The highest BCUT2D eigenvalue weighted by atomic mass is 32.1. The molecular weight excluding hydrogens is 372 g/mol. The van der Waals surface area contributed by atoms with Crippen molar-refractivity contribution in [1.29, 1.82) is 0 Å². The van der Waals surface area contributed by atoms with Crippen molar-refractivity contribution in [3.8, 4) is 5.75 Å². The number of anilines is 2. The fourth-order valence-electron chi connectivity index (χ4n) is 4.05. The number of carbonyl (C=O) groups is 1. The predicted molar refractivity (Wildman–Crippen MR) is 111 cm³/mol. The van der Waals surface area contributed by atoms with E-state index in [1.165, 1.54) is 16.9 Å². The number of nitrogens with one attached hydrogen (secondary N) is 1. The van der Waals surface area contributed by atoms with Crippen molar-refractivity contribution >= 4 is 39.0 Å². The van der Waals surface area contributed by atoms with Gasteiger partial charge in [-0.2, -0.15) is 0 Å². The number of hydrogen-bond acceptors (Lipinski definition) is 6. The van der Waals surface area contributed by atoms with Gasteiger partial charge in [0.05, 0.1) is 17.6 Å². The van der Waals surface area contributed by atoms with Crippen LogP contribution in [0.5, 0.6) is 5.75 Å². The van der Waals surface area contributed by atoms with E-state index in [9.17, 15) is 4.79 Å². The van der Waals surface area contributed by atoms with Gasteiger partial charge in [0.1, 0.15) is 22.7 Å². The summed E-state index contributed by atoms with van der Waals surface area (Å²) in [5, 5.41) is 4.10. The largest absolute Gasteiger partial charge is 0.477 e. The van der Waals surface area contributed by atoms with Gasteiger partial charge in [-0.05, 0) is 43.4 Å². The Kier molecular flexibility index (Phi) is 4.39. The molecule has 0 spiro atoms. The number of aromatic nitrogens is 2. The van der Waals surface area contributed by atoms with Crippen molar-refractivity contribution in [2.75, 3.05) is 18.0 Å². The lowest BCUT2D eigenvalue weighted by Gasteiger charge is -2.35. The number of hydrogen-bond donors (Lipinski definition) is 1. The molecule has 2 aliphatic rings. The average molecular weight is 395 g/mol. The number of nitrogens with zero attached hydrogens (tertiary/aromatic N) is 3. The van der Waals surface area contributed by atoms with Gasteiger partial charge in [0, 0.05) is 11.4 Å². The van der Waals surface area contributed by atoms with Crippen LogP contribution in [0.3, 0.4) is 0 Å². The van der Waals surface area contributed by atoms with Gasteiger partial charge >= 0.3 is 0 Å². The lowest BCUT2D eigenvalue weighted by atomic mass is 10.1. The molecule has 0 radical (unpaired) electrons. The fourth-order valence-corrected chi connectivity index (χ4v) is 5.27. The van der Waals surface area contributed by atoms with Crippen molar-refractivity contribution in [3.63, 3.8) is 0 Å². The molecule has 6 nitrogen and oxygen atoms in total. The summed E-state index contributed by atoms with van der Waals surface area (Å²) in [6.07, 6.45) is 5.34. The summed E-state index contributed by atoms with van der Waals surface area (Å²) in [6.45, 7) is 3.12. The smallest absolute Gasteiger partial charge is 0.262 e. The molecule has 1 N–H and O–H groups in total. The van der Waals surface area contributed by atoms with Crippen molar-refractivity contribution in [2.24, 2.45) is 0 Å². The molecular formula is C21H22N4O2S. The van der Waals surface area contributed by atoms with Gasteiger partial charge in [0.2, 0.25) is 0 Å². The van der Waals surface area contributed by atoms with Gasteiger partial charge in [0.15, 0.2) is 6.10 Å². The summed E-state index contributed by atoms with van der Waals surface area (Å²) in [6, 6.07) is 7.86. The van der Waals surface area contributed by atoms with E-state index in [4.69, 9.17) is 4.74 Å². The molecule has 1 aliphatic heterocycles. The minimum absolute atomic E-state index is 0.0813. The molecule has 2 aromatic heterocycles. The Labute approximate surface area is 167 Å². The van der Waals surface area contributed by atoms with E-state index in [1.54, 1.807) is 17.7 Å². The minimum Gasteiger partial charge on any atom is -0.477 e. The molecule has 28 heavy (non-hydrogen) atoms. The Bertz CT molecular complexity index is 1050. The number of thiophene rings is 1. The third kappa shape index (κ3) is 2.81. The first-order chi connectivity index (χ1) is 13.8. The number of ether oxygens (including phenoxy) is 1. The lowest BCUT2D eigenvalue weighted by molar-refractivity contribution is -0.127. The van der Waals surface area contributed by atoms with E-state index < -0.39 is 6.10 Å². The van der Waals surface area contributed by atoms with Gasteiger partial charge in [-0.15, -0.1) is 11.3 Å². The van der Waals surface area contributed by atoms with Crippen molar-refractivity contribution in [1.82, 2.24) is 15.3 Å². The van der Waals surface area contributed by atoms with Crippen molar-refractivity contribution in [2.45, 2.75) is 38.7 Å². The number of aryl methyl sites for hydroxylation is 2. The fraction of sp³-hybridized carbons (Fsp3) is 0.381. The first-order valence-electron chi connectivity index (χ1n) is 9.82. The molecule has 7 heteroatoms. The van der Waals surface area contributed by atoms with Crippen molar-refractivity contribution in [3.05, 3.63) is 41.0 Å². The average Bonchev–Trinajstić information content (AvgIpc) is 3.32. The maximum absolute atomic E-state index is 12.7. The number of rotatable bonds is 4. The highest BCUT2D eigenvalue weighted by molar-refractivity contribution is 7.19. The zero-order valence-electron chi connectivity index (χ0n) is 15.8. The Morgan fingerprint density at radius 1 is 1.32 bits per heavy atom. The van der Waals surface area contributed by atoms with E-state index >= 15 is 0 Å². The van der Waals surface area contributed by atoms with E-state index in [-0.39, 0.29) is 5.91 Å². The molecule has 0 fully saturated rings. The zero-order chi connectivity index (χ0) is 19.1. The quantitative estimate of drug-likeness (QED) is 0.732. The van der Waals surface area contributed by atoms with Crippen LogP contribution in [-0.4, -0.2) is 35.1 Å². The maximum atomic E-state index is 12.7. The number of fused-ring (bicyclic) bond motifs is 4. The van der Waals surface area contributed by atoms with Crippen LogP contribution in [0.4, 0.5) is 11.5 Å². The number of benzene rings is 1. The number of amides is 1. The van der Waals surface area contributed by atoms with Crippen LogP contribution in [0.1, 0.15) is 30.2 Å². The first-order valence-corrected chi connectivity index (χ1v) is 10.6. The Balaban J connectivity index is 1.61. The molecule has 1 aliphatic carbocycles. The minimum atomic E-state index is -0.571. The van der Waals surface area contributed by atoms with Gasteiger partial charge in [0.25, 0.3) is 5.91 Å². The third-order valence-electron chi connectivity index (χ3n) is 5.35. The van der Waals surface area contributed by atoms with Crippen LogP contribution in [0.15, 0.2) is 30.6 Å². The summed E-state index contributed by atoms with van der Waals surface area (Å²) in [4.78, 5) is 26.4. The van der Waals surface area contributed by atoms with Crippen LogP contribution in [0.25, 0.3) is 10.2 Å². The van der Waals surface area contributed by atoms with E-state index in [0.29, 0.717) is 18.8 Å². The third-order valence-corrected chi connectivity index (χ3v) is 6.55. The van der Waals surface area contributed by atoms with E-state index in [1.807, 2.05) is 31.2 Å². The van der Waals surface area contributed by atoms with Crippen LogP contribution in [0.2, 0.25) is 0 Å². The number of para-hydroxylation sites is 2. The SMILES string of the molecule is CCCNC(=O)[C@@H]1CN(c2ncnc3sc4c(c23)CCC4)c2ccccc2O1. The molecule has 0 saturated heterocycles. The summed E-state index contributed by atoms with van der Waals surface area (Å²) < 4.78 is 6.03. The summed E-state index contributed by atoms with van der Waals surface area (Å²) >= 11 is 1.78. The zero-order valence-corrected chi connectivity index (χ0v) is 16.6. The van der Waals surface area contributed by atoms with Gasteiger partial charge < -0.3 is 15.0 Å². The highest BCUT2D eigenvalue weighted by Gasteiger charge is 2.34. The van der Waals surface area contributed by atoms with Crippen LogP contribution in [0, 0.1) is 0 Å². The van der Waals surface area contributed by atoms with E-state index in [2.05, 4.69) is 20.2 Å². The molecule has 3 heterocycles. The first kappa shape index (κ1) is 17.4. The molecule has 0 unspecified atom stereocenters. The predicted octanol–water partition coefficient (Wildman–Crippen LogP) is 3.61.